The number of carbonyl (C=O) groups excluding carboxylic acids is 3. The van der Waals surface area contributed by atoms with Gasteiger partial charge >= 0.3 is 18.0 Å². The Kier molecular flexibility index (Phi) is 9.45. The number of rotatable bonds is 10. The van der Waals surface area contributed by atoms with Crippen LogP contribution in [0.2, 0.25) is 0 Å². The monoisotopic (exact) mass is 556 g/mol. The van der Waals surface area contributed by atoms with Crippen LogP contribution in [0.3, 0.4) is 0 Å². The van der Waals surface area contributed by atoms with Crippen molar-refractivity contribution < 1.29 is 28.6 Å². The van der Waals surface area contributed by atoms with Crippen molar-refractivity contribution in [3.63, 3.8) is 0 Å². The van der Waals surface area contributed by atoms with Crippen LogP contribution in [0.4, 0.5) is 21.9 Å². The Hall–Kier alpha value is -4.59. The summed E-state index contributed by atoms with van der Waals surface area (Å²) < 4.78 is 16.5. The van der Waals surface area contributed by atoms with Crippen molar-refractivity contribution in [2.75, 3.05) is 17.3 Å². The first-order valence-electron chi connectivity index (χ1n) is 13.7. The fourth-order valence-electron chi connectivity index (χ4n) is 4.89. The molecule has 1 aliphatic rings. The summed E-state index contributed by atoms with van der Waals surface area (Å²) in [7, 11) is 1.57. The van der Waals surface area contributed by atoms with Gasteiger partial charge in [-0.2, -0.15) is 0 Å². The van der Waals surface area contributed by atoms with E-state index in [1.807, 2.05) is 94.4 Å². The smallest absolute Gasteiger partial charge is 0.341 e. The van der Waals surface area contributed by atoms with E-state index in [4.69, 9.17) is 14.2 Å². The van der Waals surface area contributed by atoms with Crippen LogP contribution >= 0.6 is 0 Å². The highest BCUT2D eigenvalue weighted by molar-refractivity contribution is 6.11. The summed E-state index contributed by atoms with van der Waals surface area (Å²) in [6.45, 7) is 7.57. The third-order valence-corrected chi connectivity index (χ3v) is 6.89. The zero-order chi connectivity index (χ0) is 29.5. The van der Waals surface area contributed by atoms with Gasteiger partial charge < -0.3 is 19.5 Å². The van der Waals surface area contributed by atoms with Gasteiger partial charge in [0.2, 0.25) is 0 Å². The number of allylic oxidation sites excluding steroid dienone is 2. The van der Waals surface area contributed by atoms with Crippen molar-refractivity contribution in [1.82, 2.24) is 0 Å². The van der Waals surface area contributed by atoms with E-state index in [0.29, 0.717) is 52.3 Å². The molecule has 0 fully saturated rings. The van der Waals surface area contributed by atoms with E-state index in [-0.39, 0.29) is 25.1 Å². The first-order valence-corrected chi connectivity index (χ1v) is 13.7. The number of amides is 2. The number of anilines is 3. The molecule has 0 aromatic heterocycles. The molecule has 0 saturated carbocycles. The zero-order valence-electron chi connectivity index (χ0n) is 24.2. The van der Waals surface area contributed by atoms with Gasteiger partial charge in [0.15, 0.2) is 0 Å². The summed E-state index contributed by atoms with van der Waals surface area (Å²) in [5, 5.41) is 3.04. The summed E-state index contributed by atoms with van der Waals surface area (Å²) in [6, 6.07) is 18.1. The number of methoxy groups -OCH3 is 1. The number of nitrogens with one attached hydrogen (secondary N) is 1. The lowest BCUT2D eigenvalue weighted by atomic mass is 9.93. The normalized spacial score (nSPS) is 12.5. The number of benzene rings is 3. The minimum absolute atomic E-state index is 0.105. The molecule has 0 unspecified atom stereocenters. The third-order valence-electron chi connectivity index (χ3n) is 6.89. The molecule has 1 aliphatic heterocycles. The molecule has 1 heterocycles. The molecule has 3 aromatic rings. The molecule has 8 nitrogen and oxygen atoms in total. The Morgan fingerprint density at radius 3 is 2.20 bits per heavy atom. The molecule has 1 N–H and O–H groups in total. The summed E-state index contributed by atoms with van der Waals surface area (Å²) in [5.74, 6) is -0.173. The average Bonchev–Trinajstić information content (AvgIpc) is 3.35. The summed E-state index contributed by atoms with van der Waals surface area (Å²) in [4.78, 5) is 40.6. The second kappa shape index (κ2) is 13.2. The molecule has 3 aromatic carbocycles. The van der Waals surface area contributed by atoms with Crippen molar-refractivity contribution in [2.24, 2.45) is 0 Å². The van der Waals surface area contributed by atoms with Gasteiger partial charge in [0, 0.05) is 17.5 Å². The highest BCUT2D eigenvalue weighted by atomic mass is 16.5. The van der Waals surface area contributed by atoms with Crippen LogP contribution in [0.5, 0.6) is 5.75 Å². The molecule has 8 heteroatoms. The van der Waals surface area contributed by atoms with Gasteiger partial charge in [-0.25, -0.2) is 9.59 Å². The molecule has 41 heavy (non-hydrogen) atoms. The number of esters is 2. The van der Waals surface area contributed by atoms with E-state index >= 15 is 0 Å². The van der Waals surface area contributed by atoms with Crippen molar-refractivity contribution in [2.45, 2.75) is 59.7 Å². The van der Waals surface area contributed by atoms with Gasteiger partial charge in [0.25, 0.3) is 0 Å². The van der Waals surface area contributed by atoms with Gasteiger partial charge in [0.05, 0.1) is 35.8 Å². The molecule has 0 aliphatic carbocycles. The standard InChI is InChI=1S/C33H36N2O6/c1-21(2)41-28(36)19-17-22(3)16-18-26-30(29-27(20-40-32(29)37)23(4)31(26)39-5)34-33(38)35(24-12-8-6-9-13-24)25-14-10-7-11-15-25/h6-16,21H,17-20H2,1-5H3,(H,34,38). The van der Waals surface area contributed by atoms with E-state index in [9.17, 15) is 14.4 Å². The molecule has 4 rings (SSSR count). The van der Waals surface area contributed by atoms with Crippen molar-refractivity contribution >= 4 is 35.0 Å². The Labute approximate surface area is 240 Å². The number of urea groups is 1. The van der Waals surface area contributed by atoms with Gasteiger partial charge in [-0.3, -0.25) is 9.69 Å². The van der Waals surface area contributed by atoms with E-state index in [1.54, 1.807) is 12.0 Å². The topological polar surface area (TPSA) is 94.2 Å². The van der Waals surface area contributed by atoms with Crippen LogP contribution < -0.4 is 15.0 Å². The Balaban J connectivity index is 1.74. The maximum Gasteiger partial charge on any atom is 0.341 e. The minimum Gasteiger partial charge on any atom is -0.496 e. The Morgan fingerprint density at radius 2 is 1.63 bits per heavy atom. The maximum atomic E-state index is 14.0. The number of para-hydroxylation sites is 2. The third kappa shape index (κ3) is 6.77. The average molecular weight is 557 g/mol. The van der Waals surface area contributed by atoms with E-state index < -0.39 is 12.0 Å². The molecular weight excluding hydrogens is 520 g/mol. The van der Waals surface area contributed by atoms with Crippen LogP contribution in [-0.4, -0.2) is 31.2 Å². The van der Waals surface area contributed by atoms with Crippen molar-refractivity contribution in [3.8, 4) is 5.75 Å². The van der Waals surface area contributed by atoms with Gasteiger partial charge in [-0.1, -0.05) is 48.0 Å². The molecule has 0 radical (unpaired) electrons. The molecular formula is C33H36N2O6. The molecule has 0 bridgehead atoms. The summed E-state index contributed by atoms with van der Waals surface area (Å²) in [5.41, 5.74) is 5.13. The fraction of sp³-hybridized carbons (Fsp3) is 0.303. The van der Waals surface area contributed by atoms with Crippen LogP contribution in [0.25, 0.3) is 0 Å². The Bertz CT molecular complexity index is 1410. The first-order chi connectivity index (χ1) is 19.7. The lowest BCUT2D eigenvalue weighted by molar-refractivity contribution is -0.147. The molecule has 0 saturated heterocycles. The molecule has 214 valence electrons. The quantitative estimate of drug-likeness (QED) is 0.209. The van der Waals surface area contributed by atoms with E-state index in [2.05, 4.69) is 5.32 Å². The predicted molar refractivity (Wildman–Crippen MR) is 159 cm³/mol. The zero-order valence-corrected chi connectivity index (χ0v) is 24.2. The van der Waals surface area contributed by atoms with Crippen LogP contribution in [0.15, 0.2) is 72.3 Å². The van der Waals surface area contributed by atoms with Crippen LogP contribution in [-0.2, 0) is 27.3 Å². The predicted octanol–water partition coefficient (Wildman–Crippen LogP) is 7.26. The first kappa shape index (κ1) is 29.4. The lowest BCUT2D eigenvalue weighted by Gasteiger charge is -2.26. The molecule has 2 amide bonds. The highest BCUT2D eigenvalue weighted by Gasteiger charge is 2.33. The van der Waals surface area contributed by atoms with Crippen molar-refractivity contribution in [1.29, 1.82) is 0 Å². The highest BCUT2D eigenvalue weighted by Crippen LogP contribution is 2.42. The molecule has 0 atom stereocenters. The van der Waals surface area contributed by atoms with Gasteiger partial charge in [-0.15, -0.1) is 0 Å². The number of carbonyl (C=O) groups is 3. The van der Waals surface area contributed by atoms with Crippen LogP contribution in [0.1, 0.15) is 60.7 Å². The second-order valence-electron chi connectivity index (χ2n) is 10.2. The van der Waals surface area contributed by atoms with Crippen molar-refractivity contribution in [3.05, 3.63) is 94.6 Å². The van der Waals surface area contributed by atoms with Crippen LogP contribution in [0, 0.1) is 6.92 Å². The van der Waals surface area contributed by atoms with Gasteiger partial charge in [0.1, 0.15) is 12.4 Å². The van der Waals surface area contributed by atoms with Gasteiger partial charge in [-0.05, 0) is 70.4 Å². The largest absolute Gasteiger partial charge is 0.496 e. The number of nitrogens with zero attached hydrogens (tertiary/aromatic N) is 1. The number of cyclic esters (lactones) is 1. The van der Waals surface area contributed by atoms with E-state index in [0.717, 1.165) is 11.1 Å². The number of hydrogen-bond donors (Lipinski definition) is 1. The summed E-state index contributed by atoms with van der Waals surface area (Å²) >= 11 is 0. The number of ether oxygens (including phenoxy) is 3. The second-order valence-corrected chi connectivity index (χ2v) is 10.2. The fourth-order valence-corrected chi connectivity index (χ4v) is 4.89. The van der Waals surface area contributed by atoms with E-state index in [1.165, 1.54) is 0 Å². The maximum absolute atomic E-state index is 14.0. The lowest BCUT2D eigenvalue weighted by Crippen LogP contribution is -2.32. The summed E-state index contributed by atoms with van der Waals surface area (Å²) in [6.07, 6.45) is 2.97. The minimum atomic E-state index is -0.495. The number of hydrogen-bond acceptors (Lipinski definition) is 6. The Morgan fingerprint density at radius 1 is 1.02 bits per heavy atom. The molecule has 0 spiro atoms. The SMILES string of the molecule is COc1c(C)c2c(c(NC(=O)N(c3ccccc3)c3ccccc3)c1CC=C(C)CCC(=O)OC(C)C)C(=O)OC2. The number of fused-ring (bicyclic) bond motifs is 1.